The third-order valence-corrected chi connectivity index (χ3v) is 0. The van der Waals surface area contributed by atoms with Crippen molar-refractivity contribution < 1.29 is 91.6 Å². The van der Waals surface area contributed by atoms with E-state index in [0.29, 0.717) is 0 Å². The van der Waals surface area contributed by atoms with Gasteiger partial charge in [-0.3, -0.25) is 0 Å². The second-order valence-electron chi connectivity index (χ2n) is 0. The molecule has 0 aromatic rings. The van der Waals surface area contributed by atoms with E-state index in [4.69, 9.17) is 0 Å². The van der Waals surface area contributed by atoms with Gasteiger partial charge in [0.15, 0.2) is 0 Å². The predicted octanol–water partition coefficient (Wildman–Crippen LogP) is -18.4. The molecule has 0 bridgehead atoms. The first-order valence-electron chi connectivity index (χ1n) is 0. The van der Waals surface area contributed by atoms with Crippen LogP contribution in [0.3, 0.4) is 0 Å². The second kappa shape index (κ2) is 71.6. The Balaban J connectivity index is 0. The minimum absolute atomic E-state index is 0. The van der Waals surface area contributed by atoms with Crippen LogP contribution in [0.5, 0.6) is 0 Å². The van der Waals surface area contributed by atoms with Crippen molar-refractivity contribution in [3.05, 3.63) is 0 Å². The molecule has 0 aromatic heterocycles. The molecule has 0 spiro atoms. The van der Waals surface area contributed by atoms with Crippen molar-refractivity contribution in [1.82, 2.24) is 0 Å². The molecule has 0 heterocycles. The van der Waals surface area contributed by atoms with Gasteiger partial charge in [-0.05, 0) is 0 Å². The van der Waals surface area contributed by atoms with Crippen LogP contribution in [0.15, 0.2) is 0 Å². The molecule has 0 radical (unpaired) electrons. The maximum atomic E-state index is 0. The molecule has 7 heteroatoms. The van der Waals surface area contributed by atoms with E-state index in [1.165, 1.54) is 0 Å². The van der Waals surface area contributed by atoms with Crippen molar-refractivity contribution in [2.45, 2.75) is 0 Å². The number of hydrogen-bond donors (Lipinski definition) is 0. The molecule has 40 valence electrons. The Kier molecular flexibility index (Phi) is 1040. The standard InChI is InChI=1S/5ClH.Na.Si/h5*1H;;/q;;;;;+1;+4/p-5. The van der Waals surface area contributed by atoms with Crippen LogP contribution in [0, 0.1) is 0 Å². The Bertz CT molecular complexity index is 8.04. The molecular weight excluding hydrogens is 228 g/mol. The van der Waals surface area contributed by atoms with Crippen LogP contribution < -0.4 is 91.6 Å². The molecule has 0 amide bonds. The van der Waals surface area contributed by atoms with E-state index in [1.807, 2.05) is 0 Å². The summed E-state index contributed by atoms with van der Waals surface area (Å²) in [6, 6.07) is 0. The molecule has 0 fully saturated rings. The average molecular weight is 228 g/mol. The molecule has 0 nitrogen and oxygen atoms in total. The van der Waals surface area contributed by atoms with E-state index in [9.17, 15) is 0 Å². The molecule has 0 saturated heterocycles. The van der Waals surface area contributed by atoms with Crippen LogP contribution in [-0.4, -0.2) is 11.0 Å². The van der Waals surface area contributed by atoms with Crippen LogP contribution in [0.2, 0.25) is 0 Å². The van der Waals surface area contributed by atoms with Crippen molar-refractivity contribution in [3.8, 4) is 0 Å². The zero-order chi connectivity index (χ0) is 0. The Morgan fingerprint density at radius 1 is 0.429 bits per heavy atom. The van der Waals surface area contributed by atoms with Crippen LogP contribution in [0.25, 0.3) is 0 Å². The zero-order valence-corrected chi connectivity index (χ0v) is 10.2. The fraction of sp³-hybridized carbons (Fsp3) is 0. The second-order valence-corrected chi connectivity index (χ2v) is 0. The van der Waals surface area contributed by atoms with Crippen molar-refractivity contribution in [2.24, 2.45) is 0 Å². The monoisotopic (exact) mass is 226 g/mol. The number of hydrogen-bond acceptors (Lipinski definition) is 0. The minimum atomic E-state index is 0. The van der Waals surface area contributed by atoms with E-state index < -0.39 is 0 Å². The summed E-state index contributed by atoms with van der Waals surface area (Å²) in [5.41, 5.74) is 0. The van der Waals surface area contributed by atoms with Gasteiger partial charge in [0.05, 0.1) is 0 Å². The first-order chi connectivity index (χ1) is 0. The van der Waals surface area contributed by atoms with Crippen molar-refractivity contribution >= 4 is 11.0 Å². The van der Waals surface area contributed by atoms with E-state index in [-0.39, 0.29) is 103 Å². The summed E-state index contributed by atoms with van der Waals surface area (Å²) in [5, 5.41) is 0. The Hall–Kier alpha value is 2.67. The fourth-order valence-electron chi connectivity index (χ4n) is 0. The molecule has 0 rings (SSSR count). The molecule has 0 atom stereocenters. The van der Waals surface area contributed by atoms with Gasteiger partial charge >= 0.3 is 40.5 Å². The van der Waals surface area contributed by atoms with E-state index in [1.54, 1.807) is 0 Å². The summed E-state index contributed by atoms with van der Waals surface area (Å²) >= 11 is 0. The quantitative estimate of drug-likeness (QED) is 0.361. The fourth-order valence-corrected chi connectivity index (χ4v) is 0. The number of rotatable bonds is 0. The van der Waals surface area contributed by atoms with Crippen LogP contribution in [0.4, 0.5) is 0 Å². The average Bonchev–Trinajstić information content (AvgIpc) is 0. The largest absolute Gasteiger partial charge is 4.00 e. The molecule has 0 aliphatic rings. The topological polar surface area (TPSA) is 0 Å². The molecule has 0 N–H and O–H groups in total. The zero-order valence-electron chi connectivity index (χ0n) is 3.39. The molecule has 7 heavy (non-hydrogen) atoms. The van der Waals surface area contributed by atoms with Crippen LogP contribution in [-0.2, 0) is 0 Å². The van der Waals surface area contributed by atoms with E-state index in [0.717, 1.165) is 0 Å². The molecular formula is Cl5NaSi. The first-order valence-corrected chi connectivity index (χ1v) is 0. The summed E-state index contributed by atoms with van der Waals surface area (Å²) in [4.78, 5) is 0. The minimum Gasteiger partial charge on any atom is -1.00 e. The first kappa shape index (κ1) is 102. The summed E-state index contributed by atoms with van der Waals surface area (Å²) in [5.74, 6) is 0. The molecule has 0 aromatic carbocycles. The van der Waals surface area contributed by atoms with Gasteiger partial charge in [-0.15, -0.1) is 0 Å². The molecule has 0 unspecified atom stereocenters. The normalized spacial score (nSPS) is 0. The van der Waals surface area contributed by atoms with E-state index >= 15 is 0 Å². The Labute approximate surface area is 101 Å². The number of halogens is 5. The van der Waals surface area contributed by atoms with Crippen molar-refractivity contribution in [1.29, 1.82) is 0 Å². The van der Waals surface area contributed by atoms with Crippen molar-refractivity contribution in [2.75, 3.05) is 0 Å². The van der Waals surface area contributed by atoms with Gasteiger partial charge in [0.25, 0.3) is 0 Å². The smallest absolute Gasteiger partial charge is 1.00 e. The SMILES string of the molecule is [Cl-].[Cl-].[Cl-].[Cl-].[Cl-].[Na+].[Si+4]. The third kappa shape index (κ3) is 54.2. The van der Waals surface area contributed by atoms with Crippen LogP contribution >= 0.6 is 0 Å². The maximum Gasteiger partial charge on any atom is 4.00 e. The summed E-state index contributed by atoms with van der Waals surface area (Å²) in [6.07, 6.45) is 0. The summed E-state index contributed by atoms with van der Waals surface area (Å²) < 4.78 is 0. The summed E-state index contributed by atoms with van der Waals surface area (Å²) in [6.45, 7) is 0. The molecule has 0 aliphatic carbocycles. The van der Waals surface area contributed by atoms with Gasteiger partial charge in [-0.1, -0.05) is 0 Å². The van der Waals surface area contributed by atoms with Gasteiger partial charge in [0.2, 0.25) is 0 Å². The van der Waals surface area contributed by atoms with Gasteiger partial charge < -0.3 is 62.0 Å². The van der Waals surface area contributed by atoms with Crippen LogP contribution in [0.1, 0.15) is 0 Å². The van der Waals surface area contributed by atoms with Gasteiger partial charge in [0.1, 0.15) is 0 Å². The van der Waals surface area contributed by atoms with Gasteiger partial charge in [0, 0.05) is 0 Å². The Morgan fingerprint density at radius 2 is 0.429 bits per heavy atom. The Morgan fingerprint density at radius 3 is 0.429 bits per heavy atom. The molecule has 0 aliphatic heterocycles. The van der Waals surface area contributed by atoms with Gasteiger partial charge in [-0.2, -0.15) is 0 Å². The van der Waals surface area contributed by atoms with Gasteiger partial charge in [-0.25, -0.2) is 0 Å². The van der Waals surface area contributed by atoms with Crippen molar-refractivity contribution in [3.63, 3.8) is 0 Å². The molecule has 0 saturated carbocycles. The predicted molar refractivity (Wildman–Crippen MR) is 5.75 cm³/mol. The third-order valence-electron chi connectivity index (χ3n) is 0. The maximum absolute atomic E-state index is 0. The van der Waals surface area contributed by atoms with E-state index in [2.05, 4.69) is 0 Å². The summed E-state index contributed by atoms with van der Waals surface area (Å²) in [7, 11) is 0.